The van der Waals surface area contributed by atoms with Gasteiger partial charge in [0, 0.05) is 48.5 Å². The number of Topliss-reactive ketones (excluding diaryl/α,β-unsaturated/α-hetero) is 2. The molecule has 0 aliphatic heterocycles. The fourth-order valence-corrected chi connectivity index (χ4v) is 7.92. The molecule has 1 fully saturated rings. The van der Waals surface area contributed by atoms with Gasteiger partial charge >= 0.3 is 0 Å². The van der Waals surface area contributed by atoms with E-state index < -0.39 is 5.92 Å². The number of H-pyrrole nitrogens is 2. The monoisotopic (exact) mass is 659 g/mol. The van der Waals surface area contributed by atoms with Gasteiger partial charge in [0.05, 0.1) is 12.5 Å². The third-order valence-corrected chi connectivity index (χ3v) is 10.5. The standard InChI is InChI=1S/C41H45N3O5/c45-30(15-11-27-13-17-37(47)39(22-27)49-31-6-1-2-7-31)24-38(48)41-29(25-44-40-9-4-19-43-40)23-35-33(18-20-42-35)34(41)21-26-10-14-28-5-3-8-36(46)32(28)16-12-26/h3-5,8-9,12-13,16-20,22-23,26,31,34,41-44,46-47H,1-2,6-7,10-11,14-15,21,24-25H2/t26-,34-,41-/m0/s1. The number of phenolic OH excluding ortho intramolecular Hbond substituents is 2. The number of nitrogens with one attached hydrogen (secondary N) is 3. The predicted molar refractivity (Wildman–Crippen MR) is 192 cm³/mol. The van der Waals surface area contributed by atoms with Crippen molar-refractivity contribution < 1.29 is 24.5 Å². The highest BCUT2D eigenvalue weighted by Gasteiger charge is 2.38. The van der Waals surface area contributed by atoms with Crippen LogP contribution in [0.25, 0.3) is 12.2 Å². The van der Waals surface area contributed by atoms with Crippen LogP contribution in [-0.2, 0) is 22.4 Å². The number of ketones is 2. The number of phenols is 2. The number of allylic oxidation sites excluding steroid dienone is 1. The fraction of sp³-hybridized carbons (Fsp3) is 0.366. The smallest absolute Gasteiger partial charge is 0.161 e. The Morgan fingerprint density at radius 2 is 1.82 bits per heavy atom. The van der Waals surface area contributed by atoms with E-state index in [2.05, 4.69) is 39.6 Å². The third-order valence-electron chi connectivity index (χ3n) is 10.5. The first-order valence-electron chi connectivity index (χ1n) is 17.7. The van der Waals surface area contributed by atoms with Gasteiger partial charge in [-0.05, 0) is 122 Å². The second-order valence-electron chi connectivity index (χ2n) is 13.8. The van der Waals surface area contributed by atoms with Crippen LogP contribution >= 0.6 is 0 Å². The van der Waals surface area contributed by atoms with Crippen LogP contribution in [0.5, 0.6) is 17.2 Å². The summed E-state index contributed by atoms with van der Waals surface area (Å²) < 4.78 is 6.06. The molecule has 49 heavy (non-hydrogen) atoms. The largest absolute Gasteiger partial charge is 0.507 e. The first-order valence-corrected chi connectivity index (χ1v) is 17.7. The number of aromatic nitrogens is 2. The molecule has 0 saturated heterocycles. The molecule has 254 valence electrons. The molecular weight excluding hydrogens is 614 g/mol. The summed E-state index contributed by atoms with van der Waals surface area (Å²) in [5, 5.41) is 24.3. The number of carbonyl (C=O) groups is 2. The zero-order valence-electron chi connectivity index (χ0n) is 27.8. The number of rotatable bonds is 13. The van der Waals surface area contributed by atoms with Crippen LogP contribution in [0, 0.1) is 11.8 Å². The highest BCUT2D eigenvalue weighted by atomic mass is 16.5. The van der Waals surface area contributed by atoms with Crippen molar-refractivity contribution in [3.63, 3.8) is 0 Å². The average molecular weight is 660 g/mol. The highest BCUT2D eigenvalue weighted by molar-refractivity contribution is 6.02. The number of fused-ring (bicyclic) bond motifs is 2. The van der Waals surface area contributed by atoms with Crippen molar-refractivity contribution in [2.45, 2.75) is 76.2 Å². The van der Waals surface area contributed by atoms with Gasteiger partial charge in [-0.2, -0.15) is 0 Å². The summed E-state index contributed by atoms with van der Waals surface area (Å²) in [6.45, 7) is 0.469. The van der Waals surface area contributed by atoms with E-state index in [1.54, 1.807) is 12.1 Å². The van der Waals surface area contributed by atoms with E-state index in [1.165, 1.54) is 0 Å². The van der Waals surface area contributed by atoms with Crippen molar-refractivity contribution in [2.24, 2.45) is 11.8 Å². The van der Waals surface area contributed by atoms with Gasteiger partial charge < -0.3 is 30.2 Å². The minimum Gasteiger partial charge on any atom is -0.507 e. The lowest BCUT2D eigenvalue weighted by Gasteiger charge is -2.34. The zero-order chi connectivity index (χ0) is 33.7. The summed E-state index contributed by atoms with van der Waals surface area (Å²) in [7, 11) is 0. The summed E-state index contributed by atoms with van der Waals surface area (Å²) >= 11 is 0. The summed E-state index contributed by atoms with van der Waals surface area (Å²) in [6.07, 6.45) is 17.5. The van der Waals surface area contributed by atoms with Gasteiger partial charge in [0.25, 0.3) is 0 Å². The molecule has 8 nitrogen and oxygen atoms in total. The van der Waals surface area contributed by atoms with Crippen molar-refractivity contribution in [1.29, 1.82) is 0 Å². The van der Waals surface area contributed by atoms with E-state index in [4.69, 9.17) is 4.74 Å². The van der Waals surface area contributed by atoms with E-state index in [1.807, 2.05) is 48.8 Å². The van der Waals surface area contributed by atoms with Gasteiger partial charge in [-0.3, -0.25) is 9.59 Å². The molecule has 2 aromatic carbocycles. The molecule has 0 bridgehead atoms. The first kappa shape index (κ1) is 32.6. The van der Waals surface area contributed by atoms with Gasteiger partial charge in [0.15, 0.2) is 11.5 Å². The number of carbonyl (C=O) groups excluding carboxylic acids is 2. The lowest BCUT2D eigenvalue weighted by Crippen LogP contribution is -2.32. The Morgan fingerprint density at radius 1 is 0.939 bits per heavy atom. The van der Waals surface area contributed by atoms with Crippen molar-refractivity contribution in [3.05, 3.63) is 107 Å². The summed E-state index contributed by atoms with van der Waals surface area (Å²) in [6, 6.07) is 16.9. The van der Waals surface area contributed by atoms with Crippen LogP contribution in [0.4, 0.5) is 5.82 Å². The molecule has 3 aliphatic carbocycles. The molecule has 3 atom stereocenters. The van der Waals surface area contributed by atoms with Gasteiger partial charge in [-0.1, -0.05) is 30.4 Å². The Balaban J connectivity index is 1.08. The number of hydrogen-bond donors (Lipinski definition) is 5. The first-order chi connectivity index (χ1) is 23.9. The van der Waals surface area contributed by atoms with Crippen molar-refractivity contribution in [1.82, 2.24) is 9.97 Å². The molecule has 8 heteroatoms. The van der Waals surface area contributed by atoms with E-state index in [-0.39, 0.29) is 53.8 Å². The lowest BCUT2D eigenvalue weighted by molar-refractivity contribution is -0.129. The van der Waals surface area contributed by atoms with Crippen LogP contribution in [0.1, 0.15) is 85.2 Å². The number of ether oxygens (including phenoxy) is 1. The number of aryl methyl sites for hydroxylation is 2. The highest BCUT2D eigenvalue weighted by Crippen LogP contribution is 2.45. The van der Waals surface area contributed by atoms with Gasteiger partial charge in [-0.25, -0.2) is 0 Å². The second kappa shape index (κ2) is 14.6. The number of aromatic hydroxyl groups is 2. The summed E-state index contributed by atoms with van der Waals surface area (Å²) in [5.41, 5.74) is 5.97. The molecule has 0 spiro atoms. The van der Waals surface area contributed by atoms with E-state index in [9.17, 15) is 19.8 Å². The Bertz CT molecular complexity index is 1850. The number of benzene rings is 2. The predicted octanol–water partition coefficient (Wildman–Crippen LogP) is 8.11. The van der Waals surface area contributed by atoms with Crippen LogP contribution < -0.4 is 10.1 Å². The molecule has 0 radical (unpaired) electrons. The molecule has 0 unspecified atom stereocenters. The molecule has 0 amide bonds. The average Bonchev–Trinajstić information content (AvgIpc) is 3.88. The molecule has 1 saturated carbocycles. The minimum absolute atomic E-state index is 0.0594. The Labute approximate surface area is 287 Å². The lowest BCUT2D eigenvalue weighted by atomic mass is 9.69. The third kappa shape index (κ3) is 7.53. The van der Waals surface area contributed by atoms with Gasteiger partial charge in [-0.15, -0.1) is 0 Å². The molecule has 4 aromatic rings. The van der Waals surface area contributed by atoms with Crippen molar-refractivity contribution >= 4 is 29.5 Å². The zero-order valence-corrected chi connectivity index (χ0v) is 27.8. The van der Waals surface area contributed by atoms with Crippen LogP contribution in [0.2, 0.25) is 0 Å². The normalized spacial score (nSPS) is 20.2. The molecule has 2 aromatic heterocycles. The Kier molecular flexibility index (Phi) is 9.73. The van der Waals surface area contributed by atoms with Crippen molar-refractivity contribution in [3.8, 4) is 17.2 Å². The maximum atomic E-state index is 14.3. The maximum absolute atomic E-state index is 14.3. The molecular formula is C41H45N3O5. The summed E-state index contributed by atoms with van der Waals surface area (Å²) in [5.74, 6) is 1.21. The SMILES string of the molecule is O=C(CCc1ccc(O)c(OC2CCCC2)c1)CC(=O)[C@H]1C(CNc2ccc[nH]2)=Cc2[nH]ccc2[C@@H]1C[C@@H]1C=Cc2c(O)cccc2CC1. The molecule has 2 heterocycles. The van der Waals surface area contributed by atoms with Crippen LogP contribution in [-0.4, -0.2) is 44.4 Å². The molecule has 5 N–H and O–H groups in total. The van der Waals surface area contributed by atoms with Crippen LogP contribution in [0.3, 0.4) is 0 Å². The van der Waals surface area contributed by atoms with Crippen molar-refractivity contribution in [2.75, 3.05) is 11.9 Å². The quantitative estimate of drug-likeness (QED) is 0.0923. The Hall–Kier alpha value is -4.98. The Morgan fingerprint density at radius 3 is 2.65 bits per heavy atom. The maximum Gasteiger partial charge on any atom is 0.161 e. The van der Waals surface area contributed by atoms with E-state index >= 15 is 0 Å². The van der Waals surface area contributed by atoms with Gasteiger partial charge in [0.1, 0.15) is 23.1 Å². The number of anilines is 1. The fourth-order valence-electron chi connectivity index (χ4n) is 7.92. The number of hydrogen-bond acceptors (Lipinski definition) is 6. The van der Waals surface area contributed by atoms with Gasteiger partial charge in [0.2, 0.25) is 0 Å². The van der Waals surface area contributed by atoms with E-state index in [0.29, 0.717) is 18.7 Å². The van der Waals surface area contributed by atoms with Crippen LogP contribution in [0.15, 0.2) is 78.6 Å². The molecule has 7 rings (SSSR count). The topological polar surface area (TPSA) is 127 Å². The number of aromatic amines is 2. The summed E-state index contributed by atoms with van der Waals surface area (Å²) in [4.78, 5) is 34.4. The minimum atomic E-state index is -0.456. The van der Waals surface area contributed by atoms with E-state index in [0.717, 1.165) is 84.3 Å². The second-order valence-corrected chi connectivity index (χ2v) is 13.8. The molecule has 3 aliphatic rings.